The number of aliphatic hydroxyl groups is 1. The first-order valence-electron chi connectivity index (χ1n) is 13.1. The third-order valence-electron chi connectivity index (χ3n) is 7.10. The smallest absolute Gasteiger partial charge is 0.323 e. The zero-order valence-corrected chi connectivity index (χ0v) is 21.8. The molecule has 0 saturated carbocycles. The van der Waals surface area contributed by atoms with E-state index in [4.69, 9.17) is 14.2 Å². The van der Waals surface area contributed by atoms with Gasteiger partial charge < -0.3 is 35.3 Å². The summed E-state index contributed by atoms with van der Waals surface area (Å²) < 4.78 is 17.3. The van der Waals surface area contributed by atoms with Crippen molar-refractivity contribution in [1.29, 1.82) is 0 Å². The molecule has 5 rings (SSSR count). The number of anilines is 2. The maximum Gasteiger partial charge on any atom is 0.323 e. The number of benzene rings is 3. The average molecular weight is 532 g/mol. The lowest BCUT2D eigenvalue weighted by molar-refractivity contribution is -0.142. The van der Waals surface area contributed by atoms with E-state index in [9.17, 15) is 14.7 Å². The predicted octanol–water partition coefficient (Wildman–Crippen LogP) is 4.08. The van der Waals surface area contributed by atoms with Gasteiger partial charge in [0.05, 0.1) is 26.2 Å². The molecule has 2 heterocycles. The Hall–Kier alpha value is -4.08. The summed E-state index contributed by atoms with van der Waals surface area (Å²) in [4.78, 5) is 25.2. The van der Waals surface area contributed by atoms with Crippen LogP contribution in [0.2, 0.25) is 0 Å². The molecular weight excluding hydrogens is 498 g/mol. The van der Waals surface area contributed by atoms with Crippen molar-refractivity contribution in [2.24, 2.45) is 0 Å². The fraction of sp³-hybridized carbons (Fsp3) is 0.333. The molecule has 0 radical (unpaired) electrons. The first-order chi connectivity index (χ1) is 19.0. The molecular formula is C30H33N3O6. The maximum absolute atomic E-state index is 12.6. The number of hydrogen-bond acceptors (Lipinski definition) is 6. The summed E-state index contributed by atoms with van der Waals surface area (Å²) in [7, 11) is 1.59. The number of aliphatic hydroxyl groups excluding tert-OH is 1. The molecule has 0 aliphatic carbocycles. The van der Waals surface area contributed by atoms with Gasteiger partial charge in [-0.05, 0) is 60.9 Å². The van der Waals surface area contributed by atoms with E-state index in [0.29, 0.717) is 35.8 Å². The van der Waals surface area contributed by atoms with Crippen LogP contribution in [0.4, 0.5) is 16.2 Å². The number of fused-ring (bicyclic) bond motifs is 3. The minimum absolute atomic E-state index is 0.0700. The van der Waals surface area contributed by atoms with Gasteiger partial charge in [0.1, 0.15) is 23.7 Å². The summed E-state index contributed by atoms with van der Waals surface area (Å²) >= 11 is 0. The summed E-state index contributed by atoms with van der Waals surface area (Å²) in [6.45, 7) is 0.335. The fourth-order valence-corrected chi connectivity index (χ4v) is 5.20. The van der Waals surface area contributed by atoms with Crippen molar-refractivity contribution >= 4 is 23.3 Å². The summed E-state index contributed by atoms with van der Waals surface area (Å²) in [5.41, 5.74) is 3.35. The highest BCUT2D eigenvalue weighted by atomic mass is 16.6. The second-order valence-electron chi connectivity index (χ2n) is 9.75. The number of hydrogen-bond donors (Lipinski definition) is 4. The van der Waals surface area contributed by atoms with Crippen LogP contribution in [-0.2, 0) is 16.0 Å². The van der Waals surface area contributed by atoms with Crippen LogP contribution in [0.1, 0.15) is 29.9 Å². The Morgan fingerprint density at radius 2 is 1.74 bits per heavy atom. The number of rotatable bonds is 9. The Bertz CT molecular complexity index is 1280. The van der Waals surface area contributed by atoms with Crippen LogP contribution in [0.25, 0.3) is 0 Å². The van der Waals surface area contributed by atoms with E-state index >= 15 is 0 Å². The number of methoxy groups -OCH3 is 1. The Morgan fingerprint density at radius 1 is 1.00 bits per heavy atom. The number of carbonyl (C=O) groups excluding carboxylic acids is 2. The van der Waals surface area contributed by atoms with Crippen LogP contribution in [0, 0.1) is 0 Å². The van der Waals surface area contributed by atoms with Crippen molar-refractivity contribution in [2.75, 3.05) is 30.9 Å². The van der Waals surface area contributed by atoms with Crippen LogP contribution in [0.5, 0.6) is 11.5 Å². The number of urea groups is 1. The van der Waals surface area contributed by atoms with Crippen molar-refractivity contribution in [2.45, 2.75) is 43.5 Å². The van der Waals surface area contributed by atoms with Crippen molar-refractivity contribution < 1.29 is 28.9 Å². The minimum Gasteiger partial charge on any atom is -0.497 e. The third kappa shape index (κ3) is 6.50. The van der Waals surface area contributed by atoms with Crippen LogP contribution in [0.3, 0.4) is 0 Å². The monoisotopic (exact) mass is 531 g/mol. The normalized spacial score (nSPS) is 21.2. The summed E-state index contributed by atoms with van der Waals surface area (Å²) in [5, 5.41) is 18.6. The standard InChI is InChI=1S/C30H33N3O6/c1-37-22-10-7-20(8-11-22)32-30(36)33-21-9-12-26-24(15-21)25-16-23(38-27(18-34)29(25)39-26)17-28(35)31-14-13-19-5-3-2-4-6-19/h2-12,15,23,25,27,29,34H,13-14,16-18H2,1H3,(H,31,35)(H2,32,33,36)/t23-,25-,27-,29+/m1/s1. The number of carbonyl (C=O) groups is 2. The molecule has 9 heteroatoms. The molecule has 0 bridgehead atoms. The molecule has 2 aliphatic heterocycles. The number of nitrogens with one attached hydrogen (secondary N) is 3. The van der Waals surface area contributed by atoms with E-state index < -0.39 is 6.10 Å². The molecule has 4 atom stereocenters. The predicted molar refractivity (Wildman–Crippen MR) is 147 cm³/mol. The second kappa shape index (κ2) is 12.2. The molecule has 39 heavy (non-hydrogen) atoms. The molecule has 204 valence electrons. The van der Waals surface area contributed by atoms with Gasteiger partial charge in [0.2, 0.25) is 5.91 Å². The SMILES string of the molecule is COc1ccc(NC(=O)Nc2ccc3c(c2)[C@H]2C[C@H](CC(=O)NCCc4ccccc4)O[C@H](CO)[C@H]2O3)cc1. The van der Waals surface area contributed by atoms with Gasteiger partial charge in [-0.15, -0.1) is 0 Å². The van der Waals surface area contributed by atoms with Gasteiger partial charge in [-0.3, -0.25) is 4.79 Å². The van der Waals surface area contributed by atoms with Gasteiger partial charge >= 0.3 is 6.03 Å². The minimum atomic E-state index is -0.548. The summed E-state index contributed by atoms with van der Waals surface area (Å²) in [6.07, 6.45) is 0.266. The largest absolute Gasteiger partial charge is 0.497 e. The fourth-order valence-electron chi connectivity index (χ4n) is 5.20. The lowest BCUT2D eigenvalue weighted by Gasteiger charge is -2.37. The molecule has 0 spiro atoms. The first-order valence-corrected chi connectivity index (χ1v) is 13.1. The van der Waals surface area contributed by atoms with Gasteiger partial charge in [0.25, 0.3) is 0 Å². The molecule has 0 unspecified atom stereocenters. The third-order valence-corrected chi connectivity index (χ3v) is 7.10. The highest BCUT2D eigenvalue weighted by Gasteiger charge is 2.46. The highest BCUT2D eigenvalue weighted by molar-refractivity contribution is 5.99. The number of amides is 3. The van der Waals surface area contributed by atoms with E-state index in [1.165, 1.54) is 0 Å². The molecule has 3 aromatic rings. The molecule has 1 fully saturated rings. The van der Waals surface area contributed by atoms with Gasteiger partial charge in [0.15, 0.2) is 0 Å². The van der Waals surface area contributed by atoms with Crippen molar-refractivity contribution in [3.8, 4) is 11.5 Å². The van der Waals surface area contributed by atoms with E-state index in [1.54, 1.807) is 37.4 Å². The zero-order valence-electron chi connectivity index (χ0n) is 21.8. The number of ether oxygens (including phenoxy) is 3. The molecule has 3 amide bonds. The van der Waals surface area contributed by atoms with Crippen LogP contribution < -0.4 is 25.4 Å². The second-order valence-corrected chi connectivity index (χ2v) is 9.75. The lowest BCUT2D eigenvalue weighted by Crippen LogP contribution is -2.47. The molecule has 9 nitrogen and oxygen atoms in total. The Labute approximate surface area is 227 Å². The van der Waals surface area contributed by atoms with Crippen molar-refractivity contribution in [1.82, 2.24) is 5.32 Å². The Balaban J connectivity index is 1.19. The summed E-state index contributed by atoms with van der Waals surface area (Å²) in [6, 6.07) is 22.2. The molecule has 3 aromatic carbocycles. The Morgan fingerprint density at radius 3 is 2.49 bits per heavy atom. The lowest BCUT2D eigenvalue weighted by atomic mass is 9.84. The Kier molecular flexibility index (Phi) is 8.29. The van der Waals surface area contributed by atoms with Gasteiger partial charge in [-0.1, -0.05) is 30.3 Å². The van der Waals surface area contributed by atoms with E-state index in [0.717, 1.165) is 17.5 Å². The maximum atomic E-state index is 12.6. The quantitative estimate of drug-likeness (QED) is 0.331. The molecule has 4 N–H and O–H groups in total. The highest BCUT2D eigenvalue weighted by Crippen LogP contribution is 2.47. The van der Waals surface area contributed by atoms with E-state index in [2.05, 4.69) is 16.0 Å². The van der Waals surface area contributed by atoms with Crippen LogP contribution >= 0.6 is 0 Å². The summed E-state index contributed by atoms with van der Waals surface area (Å²) in [5.74, 6) is 1.24. The van der Waals surface area contributed by atoms with Gasteiger partial charge in [-0.25, -0.2) is 4.79 Å². The van der Waals surface area contributed by atoms with Crippen molar-refractivity contribution in [3.05, 3.63) is 83.9 Å². The van der Waals surface area contributed by atoms with Crippen LogP contribution in [-0.4, -0.2) is 55.6 Å². The van der Waals surface area contributed by atoms with Crippen LogP contribution in [0.15, 0.2) is 72.8 Å². The van der Waals surface area contributed by atoms with E-state index in [1.807, 2.05) is 42.5 Å². The van der Waals surface area contributed by atoms with Gasteiger partial charge in [0, 0.05) is 29.4 Å². The topological polar surface area (TPSA) is 118 Å². The first kappa shape index (κ1) is 26.5. The molecule has 2 aliphatic rings. The molecule has 0 aromatic heterocycles. The molecule has 1 saturated heterocycles. The van der Waals surface area contributed by atoms with Gasteiger partial charge in [-0.2, -0.15) is 0 Å². The van der Waals surface area contributed by atoms with E-state index in [-0.39, 0.29) is 43.1 Å². The average Bonchev–Trinajstić information content (AvgIpc) is 3.31. The zero-order chi connectivity index (χ0) is 27.2. The van der Waals surface area contributed by atoms with Crippen molar-refractivity contribution in [3.63, 3.8) is 0 Å².